The summed E-state index contributed by atoms with van der Waals surface area (Å²) >= 11 is 0. The van der Waals surface area contributed by atoms with Crippen molar-refractivity contribution in [3.05, 3.63) is 11.8 Å². The third kappa shape index (κ3) is 5.24. The van der Waals surface area contributed by atoms with Gasteiger partial charge in [-0.15, -0.1) is 5.54 Å². The van der Waals surface area contributed by atoms with Crippen molar-refractivity contribution in [3.8, 4) is 11.5 Å². The van der Waals surface area contributed by atoms with E-state index in [1.165, 1.54) is 0 Å². The third-order valence-electron chi connectivity index (χ3n) is 3.62. The minimum Gasteiger partial charge on any atom is -0.444 e. The van der Waals surface area contributed by atoms with Gasteiger partial charge in [0.15, 0.2) is 0 Å². The summed E-state index contributed by atoms with van der Waals surface area (Å²) in [6.07, 6.45) is 4.36. The first-order valence-corrected chi connectivity index (χ1v) is 11.8. The molecule has 23 heavy (non-hydrogen) atoms. The van der Waals surface area contributed by atoms with E-state index in [0.29, 0.717) is 0 Å². The average molecular weight is 333 g/mol. The third-order valence-corrected chi connectivity index (χ3v) is 4.50. The predicted molar refractivity (Wildman–Crippen MR) is 97.2 cm³/mol. The Morgan fingerprint density at radius 1 is 1.39 bits per heavy atom. The van der Waals surface area contributed by atoms with Gasteiger partial charge in [-0.1, -0.05) is 25.6 Å². The molecule has 4 nitrogen and oxygen atoms in total. The van der Waals surface area contributed by atoms with Crippen molar-refractivity contribution in [2.75, 3.05) is 6.54 Å². The lowest BCUT2D eigenvalue weighted by molar-refractivity contribution is 0.0265. The SMILES string of the molecule is CC(C)(C)OC(=O)N1CCC[C@H]1C1=NC=C(C#C[Si](C)(C)C)C1. The van der Waals surface area contributed by atoms with Gasteiger partial charge in [0.25, 0.3) is 0 Å². The van der Waals surface area contributed by atoms with E-state index in [0.717, 1.165) is 37.1 Å². The number of aliphatic imine (C=N–C) groups is 1. The lowest BCUT2D eigenvalue weighted by atomic mass is 10.0. The molecular formula is C18H28N2O2Si. The van der Waals surface area contributed by atoms with Gasteiger partial charge < -0.3 is 4.74 Å². The van der Waals surface area contributed by atoms with E-state index in [1.54, 1.807) is 0 Å². The summed E-state index contributed by atoms with van der Waals surface area (Å²) in [5.41, 5.74) is 5.03. The van der Waals surface area contributed by atoms with Crippen molar-refractivity contribution in [1.82, 2.24) is 4.90 Å². The fourth-order valence-electron chi connectivity index (χ4n) is 2.65. The van der Waals surface area contributed by atoms with Crippen LogP contribution in [0.25, 0.3) is 0 Å². The number of rotatable bonds is 1. The molecule has 2 aliphatic heterocycles. The van der Waals surface area contributed by atoms with Crippen LogP contribution in [0.5, 0.6) is 0 Å². The number of carbonyl (C=O) groups is 1. The number of amides is 1. The molecule has 0 aromatic rings. The Kier molecular flexibility index (Phi) is 5.05. The second-order valence-corrected chi connectivity index (χ2v) is 13.0. The standard InChI is InChI=1S/C18H28N2O2Si/c1-18(2,3)22-17(21)20-10-7-8-16(20)15-12-14(13-19-15)9-11-23(4,5)6/h13,16H,7-8,10,12H2,1-6H3/t16-/m0/s1. The van der Waals surface area contributed by atoms with Crippen LogP contribution in [-0.2, 0) is 4.74 Å². The summed E-state index contributed by atoms with van der Waals surface area (Å²) in [6, 6.07) is 0.0623. The molecule has 126 valence electrons. The van der Waals surface area contributed by atoms with E-state index < -0.39 is 13.7 Å². The summed E-state index contributed by atoms with van der Waals surface area (Å²) in [5, 5.41) is 0. The van der Waals surface area contributed by atoms with Gasteiger partial charge in [0.2, 0.25) is 0 Å². The Labute approximate surface area is 141 Å². The number of carbonyl (C=O) groups excluding carboxylic acids is 1. The minimum atomic E-state index is -1.37. The predicted octanol–water partition coefficient (Wildman–Crippen LogP) is 4.00. The monoisotopic (exact) mass is 332 g/mol. The Morgan fingerprint density at radius 3 is 2.70 bits per heavy atom. The fraction of sp³-hybridized carbons (Fsp3) is 0.667. The summed E-state index contributed by atoms with van der Waals surface area (Å²) in [6.45, 7) is 13.1. The normalized spacial score (nSPS) is 21.5. The zero-order valence-corrected chi connectivity index (χ0v) is 16.2. The van der Waals surface area contributed by atoms with Crippen LogP contribution in [0, 0.1) is 11.5 Å². The van der Waals surface area contributed by atoms with Crippen LogP contribution in [0.2, 0.25) is 19.6 Å². The van der Waals surface area contributed by atoms with E-state index >= 15 is 0 Å². The van der Waals surface area contributed by atoms with Crippen molar-refractivity contribution in [2.24, 2.45) is 4.99 Å². The first kappa shape index (κ1) is 17.8. The van der Waals surface area contributed by atoms with Crippen LogP contribution in [0.1, 0.15) is 40.0 Å². The van der Waals surface area contributed by atoms with Crippen LogP contribution in [0.4, 0.5) is 4.79 Å². The second kappa shape index (κ2) is 6.52. The number of hydrogen-bond donors (Lipinski definition) is 0. The molecule has 0 aliphatic carbocycles. The lowest BCUT2D eigenvalue weighted by Crippen LogP contribution is -2.43. The molecule has 2 rings (SSSR count). The van der Waals surface area contributed by atoms with Gasteiger partial charge in [-0.3, -0.25) is 9.89 Å². The highest BCUT2D eigenvalue weighted by atomic mass is 28.3. The number of likely N-dealkylation sites (tertiary alicyclic amines) is 1. The largest absolute Gasteiger partial charge is 0.444 e. The first-order valence-electron chi connectivity index (χ1n) is 8.33. The summed E-state index contributed by atoms with van der Waals surface area (Å²) in [7, 11) is -1.37. The van der Waals surface area contributed by atoms with E-state index in [9.17, 15) is 4.79 Å². The van der Waals surface area contributed by atoms with Crippen molar-refractivity contribution in [3.63, 3.8) is 0 Å². The van der Waals surface area contributed by atoms with Crippen LogP contribution >= 0.6 is 0 Å². The molecule has 0 bridgehead atoms. The lowest BCUT2D eigenvalue weighted by Gasteiger charge is -2.28. The van der Waals surface area contributed by atoms with Crippen molar-refractivity contribution in [1.29, 1.82) is 0 Å². The van der Waals surface area contributed by atoms with Crippen molar-refractivity contribution < 1.29 is 9.53 Å². The number of hydrogen-bond acceptors (Lipinski definition) is 3. The molecule has 0 aromatic carbocycles. The van der Waals surface area contributed by atoms with Gasteiger partial charge in [0.1, 0.15) is 13.7 Å². The Bertz CT molecular complexity index is 597. The quantitative estimate of drug-likeness (QED) is 0.538. The Hall–Kier alpha value is -1.54. The molecule has 0 saturated carbocycles. The van der Waals surface area contributed by atoms with Gasteiger partial charge in [0, 0.05) is 30.5 Å². The van der Waals surface area contributed by atoms with Gasteiger partial charge in [-0.25, -0.2) is 4.79 Å². The molecule has 0 N–H and O–H groups in total. The van der Waals surface area contributed by atoms with Gasteiger partial charge >= 0.3 is 6.09 Å². The van der Waals surface area contributed by atoms with Crippen LogP contribution in [-0.4, -0.2) is 43.0 Å². The van der Waals surface area contributed by atoms with Gasteiger partial charge in [-0.2, -0.15) is 0 Å². The summed E-state index contributed by atoms with van der Waals surface area (Å²) in [4.78, 5) is 18.7. The number of ether oxygens (including phenoxy) is 1. The average Bonchev–Trinajstić information content (AvgIpc) is 3.02. The smallest absolute Gasteiger partial charge is 0.410 e. The molecule has 1 saturated heterocycles. The highest BCUT2D eigenvalue weighted by Gasteiger charge is 2.35. The van der Waals surface area contributed by atoms with Crippen molar-refractivity contribution in [2.45, 2.75) is 71.3 Å². The highest BCUT2D eigenvalue weighted by molar-refractivity contribution is 6.83. The summed E-state index contributed by atoms with van der Waals surface area (Å²) in [5.74, 6) is 3.28. The van der Waals surface area contributed by atoms with Crippen molar-refractivity contribution >= 4 is 19.9 Å². The van der Waals surface area contributed by atoms with Gasteiger partial charge in [-0.05, 0) is 33.6 Å². The van der Waals surface area contributed by atoms with Crippen LogP contribution in [0.15, 0.2) is 16.8 Å². The zero-order chi connectivity index (χ0) is 17.3. The van der Waals surface area contributed by atoms with E-state index in [4.69, 9.17) is 4.74 Å². The molecule has 2 aliphatic rings. The molecule has 1 fully saturated rings. The summed E-state index contributed by atoms with van der Waals surface area (Å²) < 4.78 is 5.52. The second-order valence-electron chi connectivity index (χ2n) is 8.28. The maximum absolute atomic E-state index is 12.4. The molecule has 5 heteroatoms. The first-order chi connectivity index (χ1) is 10.6. The maximum atomic E-state index is 12.4. The van der Waals surface area contributed by atoms with Crippen LogP contribution in [0.3, 0.4) is 0 Å². The Morgan fingerprint density at radius 2 is 2.09 bits per heavy atom. The Balaban J connectivity index is 2.00. The molecule has 1 atom stereocenters. The maximum Gasteiger partial charge on any atom is 0.410 e. The van der Waals surface area contributed by atoms with Gasteiger partial charge in [0.05, 0.1) is 6.04 Å². The molecule has 0 aromatic heterocycles. The van der Waals surface area contributed by atoms with E-state index in [-0.39, 0.29) is 12.1 Å². The van der Waals surface area contributed by atoms with Crippen LogP contribution < -0.4 is 0 Å². The molecular weight excluding hydrogens is 304 g/mol. The number of nitrogens with zero attached hydrogens (tertiary/aromatic N) is 2. The topological polar surface area (TPSA) is 41.9 Å². The highest BCUT2D eigenvalue weighted by Crippen LogP contribution is 2.26. The van der Waals surface area contributed by atoms with E-state index in [1.807, 2.05) is 31.9 Å². The molecule has 1 amide bonds. The molecule has 0 radical (unpaired) electrons. The minimum absolute atomic E-state index is 0.0623. The fourth-order valence-corrected chi connectivity index (χ4v) is 3.18. The molecule has 0 spiro atoms. The molecule has 0 unspecified atom stereocenters. The zero-order valence-electron chi connectivity index (χ0n) is 15.2. The van der Waals surface area contributed by atoms with E-state index in [2.05, 4.69) is 36.1 Å². The number of allylic oxidation sites excluding steroid dienone is 1. The molecule has 2 heterocycles.